The molecule has 0 aliphatic heterocycles. The molecular weight excluding hydrogens is 227 g/mol. The fraction of sp³-hybridized carbons (Fsp3) is 0. The molecule has 8 heteroatoms. The number of hydrogen-bond acceptors (Lipinski definition) is 2. The van der Waals surface area contributed by atoms with Crippen LogP contribution in [0.1, 0.15) is 10.4 Å². The van der Waals surface area contributed by atoms with Crippen molar-refractivity contribution in [3.05, 3.63) is 35.1 Å². The van der Waals surface area contributed by atoms with E-state index in [2.05, 4.69) is 5.73 Å². The van der Waals surface area contributed by atoms with Crippen LogP contribution in [0, 0.1) is 17.5 Å². The fourth-order valence-electron chi connectivity index (χ4n) is 0.940. The van der Waals surface area contributed by atoms with E-state index in [0.29, 0.717) is 12.1 Å². The number of primary amides is 1. The highest BCUT2D eigenvalue weighted by Crippen LogP contribution is 2.14. The lowest BCUT2D eigenvalue weighted by Crippen LogP contribution is -2.45. The molecule has 86 valence electrons. The van der Waals surface area contributed by atoms with Crippen LogP contribution in [0.25, 0.3) is 0 Å². The smallest absolute Gasteiger partial charge is 0.330 e. The first-order chi connectivity index (χ1) is 7.41. The van der Waals surface area contributed by atoms with Gasteiger partial charge in [-0.05, 0) is 0 Å². The number of urea groups is 1. The summed E-state index contributed by atoms with van der Waals surface area (Å²) in [5.74, 6) is -5.22. The van der Waals surface area contributed by atoms with E-state index < -0.39 is 35.0 Å². The molecule has 3 amide bonds. The Kier molecular flexibility index (Phi) is 3.33. The van der Waals surface area contributed by atoms with E-state index in [9.17, 15) is 22.8 Å². The molecule has 0 atom stereocenters. The maximum atomic E-state index is 13.0. The fourth-order valence-corrected chi connectivity index (χ4v) is 0.940. The molecule has 0 bridgehead atoms. The molecule has 0 saturated heterocycles. The van der Waals surface area contributed by atoms with Gasteiger partial charge in [-0.3, -0.25) is 10.2 Å². The lowest BCUT2D eigenvalue weighted by Gasteiger charge is -2.06. The van der Waals surface area contributed by atoms with E-state index >= 15 is 0 Å². The van der Waals surface area contributed by atoms with Crippen molar-refractivity contribution in [1.29, 1.82) is 0 Å². The maximum Gasteiger partial charge on any atom is 0.330 e. The first-order valence-corrected chi connectivity index (χ1v) is 3.92. The Morgan fingerprint density at radius 2 is 1.56 bits per heavy atom. The second kappa shape index (κ2) is 4.51. The third kappa shape index (κ3) is 2.62. The van der Waals surface area contributed by atoms with Crippen molar-refractivity contribution in [3.8, 4) is 0 Å². The molecule has 0 heterocycles. The molecule has 0 spiro atoms. The van der Waals surface area contributed by atoms with Gasteiger partial charge in [-0.1, -0.05) is 0 Å². The van der Waals surface area contributed by atoms with E-state index in [-0.39, 0.29) is 0 Å². The summed E-state index contributed by atoms with van der Waals surface area (Å²) in [7, 11) is 0. The molecule has 1 aromatic carbocycles. The van der Waals surface area contributed by atoms with E-state index in [1.165, 1.54) is 0 Å². The highest BCUT2D eigenvalue weighted by atomic mass is 19.1. The van der Waals surface area contributed by atoms with E-state index in [1.54, 1.807) is 10.9 Å². The Bertz CT molecular complexity index is 427. The molecule has 16 heavy (non-hydrogen) atoms. The zero-order valence-corrected chi connectivity index (χ0v) is 7.68. The van der Waals surface area contributed by atoms with Gasteiger partial charge in [0, 0.05) is 12.1 Å². The number of amides is 3. The molecule has 1 rings (SSSR count). The van der Waals surface area contributed by atoms with Gasteiger partial charge in [-0.25, -0.2) is 23.4 Å². The van der Waals surface area contributed by atoms with Crippen molar-refractivity contribution < 1.29 is 22.8 Å². The van der Waals surface area contributed by atoms with Gasteiger partial charge in [0.15, 0.2) is 0 Å². The van der Waals surface area contributed by atoms with Gasteiger partial charge >= 0.3 is 6.03 Å². The summed E-state index contributed by atoms with van der Waals surface area (Å²) >= 11 is 0. The van der Waals surface area contributed by atoms with Gasteiger partial charge in [0.1, 0.15) is 23.0 Å². The number of nitrogens with one attached hydrogen (secondary N) is 2. The predicted octanol–water partition coefficient (Wildman–Crippen LogP) is 0.417. The lowest BCUT2D eigenvalue weighted by molar-refractivity contribution is 0.0928. The number of carbonyl (C=O) groups excluding carboxylic acids is 2. The van der Waals surface area contributed by atoms with Crippen LogP contribution >= 0.6 is 0 Å². The standard InChI is InChI=1S/C8H6F3N3O2/c9-3-1-4(10)6(5(11)2-3)7(15)13-14-8(12)16/h1-2H,(H,13,15)(H3,12,14,16). The Hall–Kier alpha value is -2.25. The third-order valence-corrected chi connectivity index (χ3v) is 1.53. The van der Waals surface area contributed by atoms with Crippen LogP contribution in [0.5, 0.6) is 0 Å². The minimum Gasteiger partial charge on any atom is -0.350 e. The largest absolute Gasteiger partial charge is 0.350 e. The molecule has 0 saturated carbocycles. The molecular formula is C8H6F3N3O2. The number of nitrogens with two attached hydrogens (primary N) is 1. The van der Waals surface area contributed by atoms with Crippen LogP contribution in [0.4, 0.5) is 18.0 Å². The molecule has 0 unspecified atom stereocenters. The van der Waals surface area contributed by atoms with E-state index in [0.717, 1.165) is 0 Å². The molecule has 0 aromatic heterocycles. The summed E-state index contributed by atoms with van der Waals surface area (Å²) in [6, 6.07) is -0.443. The topological polar surface area (TPSA) is 84.2 Å². The van der Waals surface area contributed by atoms with Crippen LogP contribution in [-0.4, -0.2) is 11.9 Å². The SMILES string of the molecule is NC(=O)NNC(=O)c1c(F)cc(F)cc1F. The second-order valence-corrected chi connectivity index (χ2v) is 2.69. The summed E-state index contributed by atoms with van der Waals surface area (Å²) in [5, 5.41) is 0. The Morgan fingerprint density at radius 3 is 2.00 bits per heavy atom. The number of hydrogen-bond donors (Lipinski definition) is 3. The minimum absolute atomic E-state index is 0.336. The zero-order chi connectivity index (χ0) is 12.3. The number of rotatable bonds is 1. The zero-order valence-electron chi connectivity index (χ0n) is 7.68. The first kappa shape index (κ1) is 11.8. The quantitative estimate of drug-likeness (QED) is 0.614. The summed E-state index contributed by atoms with van der Waals surface area (Å²) < 4.78 is 38.5. The molecule has 0 fully saturated rings. The van der Waals surface area contributed by atoms with Crippen molar-refractivity contribution in [2.75, 3.05) is 0 Å². The van der Waals surface area contributed by atoms with Crippen molar-refractivity contribution in [2.24, 2.45) is 5.73 Å². The summed E-state index contributed by atoms with van der Waals surface area (Å²) in [5.41, 5.74) is 6.85. The van der Waals surface area contributed by atoms with Gasteiger partial charge in [0.05, 0.1) is 0 Å². The summed E-state index contributed by atoms with van der Waals surface area (Å²) in [4.78, 5) is 21.3. The number of halogens is 3. The first-order valence-electron chi connectivity index (χ1n) is 3.92. The molecule has 5 nitrogen and oxygen atoms in total. The van der Waals surface area contributed by atoms with Gasteiger partial charge in [-0.15, -0.1) is 0 Å². The van der Waals surface area contributed by atoms with Crippen molar-refractivity contribution in [2.45, 2.75) is 0 Å². The Balaban J connectivity index is 2.95. The van der Waals surface area contributed by atoms with Gasteiger partial charge in [0.25, 0.3) is 5.91 Å². The van der Waals surface area contributed by atoms with Crippen LogP contribution in [0.15, 0.2) is 12.1 Å². The summed E-state index contributed by atoms with van der Waals surface area (Å²) in [6.45, 7) is 0. The van der Waals surface area contributed by atoms with Crippen molar-refractivity contribution >= 4 is 11.9 Å². The van der Waals surface area contributed by atoms with Crippen LogP contribution in [0.2, 0.25) is 0 Å². The van der Waals surface area contributed by atoms with Gasteiger partial charge in [-0.2, -0.15) is 0 Å². The van der Waals surface area contributed by atoms with Crippen molar-refractivity contribution in [1.82, 2.24) is 10.9 Å². The number of hydrazine groups is 1. The van der Waals surface area contributed by atoms with Crippen LogP contribution in [0.3, 0.4) is 0 Å². The maximum absolute atomic E-state index is 13.0. The molecule has 4 N–H and O–H groups in total. The molecule has 1 aromatic rings. The average molecular weight is 233 g/mol. The van der Waals surface area contributed by atoms with Crippen LogP contribution in [-0.2, 0) is 0 Å². The summed E-state index contributed by atoms with van der Waals surface area (Å²) in [6.07, 6.45) is 0. The molecule has 0 aliphatic rings. The second-order valence-electron chi connectivity index (χ2n) is 2.69. The lowest BCUT2D eigenvalue weighted by atomic mass is 10.2. The monoisotopic (exact) mass is 233 g/mol. The van der Waals surface area contributed by atoms with Gasteiger partial charge in [0.2, 0.25) is 0 Å². The molecule has 0 radical (unpaired) electrons. The Labute approximate surface area is 87.4 Å². The molecule has 0 aliphatic carbocycles. The van der Waals surface area contributed by atoms with E-state index in [4.69, 9.17) is 0 Å². The Morgan fingerprint density at radius 1 is 1.06 bits per heavy atom. The highest BCUT2D eigenvalue weighted by molar-refractivity contribution is 5.95. The van der Waals surface area contributed by atoms with Gasteiger partial charge < -0.3 is 5.73 Å². The predicted molar refractivity (Wildman–Crippen MR) is 46.5 cm³/mol. The van der Waals surface area contributed by atoms with E-state index in [1.807, 2.05) is 0 Å². The minimum atomic E-state index is -1.39. The number of benzene rings is 1. The highest BCUT2D eigenvalue weighted by Gasteiger charge is 2.18. The average Bonchev–Trinajstić information content (AvgIpc) is 2.12. The normalized spacial score (nSPS) is 9.69. The van der Waals surface area contributed by atoms with Crippen LogP contribution < -0.4 is 16.6 Å². The number of carbonyl (C=O) groups is 2. The van der Waals surface area contributed by atoms with Crippen molar-refractivity contribution in [3.63, 3.8) is 0 Å². The third-order valence-electron chi connectivity index (χ3n) is 1.53.